The summed E-state index contributed by atoms with van der Waals surface area (Å²) in [7, 11) is 2.08. The lowest BCUT2D eigenvalue weighted by Gasteiger charge is -2.31. The molecule has 1 saturated carbocycles. The van der Waals surface area contributed by atoms with E-state index >= 15 is 0 Å². The van der Waals surface area contributed by atoms with Crippen LogP contribution in [-0.2, 0) is 7.05 Å². The minimum atomic E-state index is 0.159. The van der Waals surface area contributed by atoms with Crippen LogP contribution in [0.25, 0.3) is 11.0 Å². The number of hydrogen-bond acceptors (Lipinski definition) is 2. The molecule has 1 aromatic carbocycles. The number of likely N-dealkylation sites (tertiary alicyclic amines) is 1. The van der Waals surface area contributed by atoms with Crippen LogP contribution in [0.15, 0.2) is 18.2 Å². The van der Waals surface area contributed by atoms with Gasteiger partial charge in [0, 0.05) is 31.6 Å². The molecule has 0 radical (unpaired) electrons. The molecule has 22 heavy (non-hydrogen) atoms. The molecule has 2 fully saturated rings. The highest BCUT2D eigenvalue weighted by Crippen LogP contribution is 2.40. The maximum absolute atomic E-state index is 12.7. The van der Waals surface area contributed by atoms with E-state index in [2.05, 4.69) is 24.6 Å². The van der Waals surface area contributed by atoms with Crippen LogP contribution >= 0.6 is 0 Å². The van der Waals surface area contributed by atoms with Crippen molar-refractivity contribution in [3.05, 3.63) is 29.6 Å². The van der Waals surface area contributed by atoms with Gasteiger partial charge < -0.3 is 9.47 Å². The second-order valence-corrected chi connectivity index (χ2v) is 7.01. The number of nitrogens with zero attached hydrogens (tertiary/aromatic N) is 3. The Morgan fingerprint density at radius 3 is 2.82 bits per heavy atom. The van der Waals surface area contributed by atoms with E-state index in [0.717, 1.165) is 36.1 Å². The Hall–Kier alpha value is -1.84. The van der Waals surface area contributed by atoms with Crippen molar-refractivity contribution in [1.29, 1.82) is 0 Å². The molecule has 1 atom stereocenters. The Morgan fingerprint density at radius 2 is 2.09 bits per heavy atom. The number of carbonyl (C=O) groups is 1. The van der Waals surface area contributed by atoms with Gasteiger partial charge in [0.2, 0.25) is 0 Å². The van der Waals surface area contributed by atoms with Crippen LogP contribution in [-0.4, -0.2) is 33.4 Å². The predicted molar refractivity (Wildman–Crippen MR) is 87.0 cm³/mol. The van der Waals surface area contributed by atoms with Crippen LogP contribution < -0.4 is 0 Å². The average Bonchev–Trinajstić information content (AvgIpc) is 3.31. The number of amides is 1. The molecule has 116 valence electrons. The molecule has 2 aliphatic rings. The summed E-state index contributed by atoms with van der Waals surface area (Å²) in [6, 6.07) is 5.99. The smallest absolute Gasteiger partial charge is 0.253 e. The Balaban J connectivity index is 1.65. The van der Waals surface area contributed by atoms with Crippen molar-refractivity contribution in [3.63, 3.8) is 0 Å². The van der Waals surface area contributed by atoms with Crippen molar-refractivity contribution >= 4 is 16.9 Å². The molecule has 4 heteroatoms. The van der Waals surface area contributed by atoms with Crippen LogP contribution in [0.4, 0.5) is 0 Å². The van der Waals surface area contributed by atoms with Gasteiger partial charge in [0.15, 0.2) is 0 Å². The van der Waals surface area contributed by atoms with Gasteiger partial charge in [-0.2, -0.15) is 0 Å². The number of fused-ring (bicyclic) bond motifs is 1. The SMILES string of the molecule is CC1CCCN(C(=O)c2ccc3c(c2)nc(C2CC2)n3C)C1. The van der Waals surface area contributed by atoms with E-state index in [1.54, 1.807) is 0 Å². The third kappa shape index (κ3) is 2.31. The number of rotatable bonds is 2. The first kappa shape index (κ1) is 13.8. The highest BCUT2D eigenvalue weighted by molar-refractivity contribution is 5.97. The number of benzene rings is 1. The first-order valence-corrected chi connectivity index (χ1v) is 8.39. The summed E-state index contributed by atoms with van der Waals surface area (Å²) in [5.74, 6) is 2.57. The quantitative estimate of drug-likeness (QED) is 0.853. The lowest BCUT2D eigenvalue weighted by Crippen LogP contribution is -2.39. The number of piperidine rings is 1. The highest BCUT2D eigenvalue weighted by atomic mass is 16.2. The van der Waals surface area contributed by atoms with Crippen LogP contribution in [0.5, 0.6) is 0 Å². The van der Waals surface area contributed by atoms with Crippen LogP contribution in [0, 0.1) is 5.92 Å². The summed E-state index contributed by atoms with van der Waals surface area (Å²) in [5, 5.41) is 0. The Kier molecular flexibility index (Phi) is 3.21. The molecule has 1 unspecified atom stereocenters. The molecule has 2 aromatic rings. The lowest BCUT2D eigenvalue weighted by molar-refractivity contribution is 0.0683. The van der Waals surface area contributed by atoms with Crippen LogP contribution in [0.2, 0.25) is 0 Å². The average molecular weight is 297 g/mol. The van der Waals surface area contributed by atoms with E-state index < -0.39 is 0 Å². The van der Waals surface area contributed by atoms with Crippen LogP contribution in [0.1, 0.15) is 54.7 Å². The Bertz CT molecular complexity index is 729. The zero-order chi connectivity index (χ0) is 15.3. The number of hydrogen-bond donors (Lipinski definition) is 0. The minimum absolute atomic E-state index is 0.159. The van der Waals surface area contributed by atoms with Gasteiger partial charge in [-0.15, -0.1) is 0 Å². The summed E-state index contributed by atoms with van der Waals surface area (Å²) < 4.78 is 2.18. The fourth-order valence-corrected chi connectivity index (χ4v) is 3.61. The molecule has 2 heterocycles. The second-order valence-electron chi connectivity index (χ2n) is 7.01. The summed E-state index contributed by atoms with van der Waals surface area (Å²) in [5.41, 5.74) is 2.87. The van der Waals surface area contributed by atoms with E-state index in [0.29, 0.717) is 11.8 Å². The molecule has 4 rings (SSSR count). The zero-order valence-corrected chi connectivity index (χ0v) is 13.4. The summed E-state index contributed by atoms with van der Waals surface area (Å²) >= 11 is 0. The maximum atomic E-state index is 12.7. The largest absolute Gasteiger partial charge is 0.338 e. The van der Waals surface area contributed by atoms with Gasteiger partial charge in [0.25, 0.3) is 5.91 Å². The van der Waals surface area contributed by atoms with Crippen molar-refractivity contribution in [1.82, 2.24) is 14.5 Å². The zero-order valence-electron chi connectivity index (χ0n) is 13.4. The molecule has 1 aliphatic heterocycles. The summed E-state index contributed by atoms with van der Waals surface area (Å²) in [6.07, 6.45) is 4.83. The molecule has 0 N–H and O–H groups in total. The third-order valence-electron chi connectivity index (χ3n) is 5.05. The maximum Gasteiger partial charge on any atom is 0.253 e. The van der Waals surface area contributed by atoms with E-state index in [4.69, 9.17) is 4.98 Å². The molecule has 1 saturated heterocycles. The molecule has 0 bridgehead atoms. The molecule has 4 nitrogen and oxygen atoms in total. The third-order valence-corrected chi connectivity index (χ3v) is 5.05. The van der Waals surface area contributed by atoms with Crippen LogP contribution in [0.3, 0.4) is 0 Å². The van der Waals surface area contributed by atoms with E-state index in [-0.39, 0.29) is 5.91 Å². The van der Waals surface area contributed by atoms with Crippen molar-refractivity contribution in [2.24, 2.45) is 13.0 Å². The normalized spacial score (nSPS) is 22.3. The first-order valence-electron chi connectivity index (χ1n) is 8.39. The predicted octanol–water partition coefficient (Wildman–Crippen LogP) is 3.32. The summed E-state index contributed by atoms with van der Waals surface area (Å²) in [6.45, 7) is 3.99. The van der Waals surface area contributed by atoms with E-state index in [9.17, 15) is 4.79 Å². The molecular formula is C18H23N3O. The number of aromatic nitrogens is 2. The first-order chi connectivity index (χ1) is 10.6. The monoisotopic (exact) mass is 297 g/mol. The summed E-state index contributed by atoms with van der Waals surface area (Å²) in [4.78, 5) is 19.5. The van der Waals surface area contributed by atoms with Gasteiger partial charge in [-0.05, 0) is 49.8 Å². The van der Waals surface area contributed by atoms with Gasteiger partial charge in [-0.3, -0.25) is 4.79 Å². The van der Waals surface area contributed by atoms with Gasteiger partial charge in [0.05, 0.1) is 11.0 Å². The molecule has 0 spiro atoms. The second kappa shape index (κ2) is 5.11. The van der Waals surface area contributed by atoms with Crippen molar-refractivity contribution in [2.45, 2.75) is 38.5 Å². The number of aryl methyl sites for hydroxylation is 1. The topological polar surface area (TPSA) is 38.1 Å². The van der Waals surface area contributed by atoms with Gasteiger partial charge >= 0.3 is 0 Å². The minimum Gasteiger partial charge on any atom is -0.338 e. The standard InChI is InChI=1S/C18H23N3O/c1-12-4-3-9-21(11-12)18(22)14-7-8-16-15(10-14)19-17(20(16)2)13-5-6-13/h7-8,10,12-13H,3-6,9,11H2,1-2H3. The molecule has 1 amide bonds. The molecule has 1 aliphatic carbocycles. The number of imidazole rings is 1. The fourth-order valence-electron chi connectivity index (χ4n) is 3.61. The Morgan fingerprint density at radius 1 is 1.27 bits per heavy atom. The Labute approximate surface area is 131 Å². The van der Waals surface area contributed by atoms with Crippen molar-refractivity contribution < 1.29 is 4.79 Å². The van der Waals surface area contributed by atoms with Gasteiger partial charge in [0.1, 0.15) is 5.82 Å². The van der Waals surface area contributed by atoms with Crippen molar-refractivity contribution in [2.75, 3.05) is 13.1 Å². The molecular weight excluding hydrogens is 274 g/mol. The highest BCUT2D eigenvalue weighted by Gasteiger charge is 2.29. The fraction of sp³-hybridized carbons (Fsp3) is 0.556. The lowest BCUT2D eigenvalue weighted by atomic mass is 9.99. The van der Waals surface area contributed by atoms with E-state index in [1.807, 2.05) is 17.0 Å². The van der Waals surface area contributed by atoms with Gasteiger partial charge in [-0.1, -0.05) is 6.92 Å². The van der Waals surface area contributed by atoms with Crippen molar-refractivity contribution in [3.8, 4) is 0 Å². The van der Waals surface area contributed by atoms with Gasteiger partial charge in [-0.25, -0.2) is 4.98 Å². The number of carbonyl (C=O) groups excluding carboxylic acids is 1. The molecule has 1 aromatic heterocycles. The van der Waals surface area contributed by atoms with E-state index in [1.165, 1.54) is 25.1 Å².